The molecule has 0 amide bonds. The van der Waals surface area contributed by atoms with Gasteiger partial charge in [0, 0.05) is 11.8 Å². The Kier molecular flexibility index (Phi) is 3.62. The SMILES string of the molecule is CNC(c1ccnc(C)n1)c1cccc(F)c1F. The fraction of sp³-hybridized carbons (Fsp3) is 0.231. The monoisotopic (exact) mass is 249 g/mol. The Bertz CT molecular complexity index is 558. The van der Waals surface area contributed by atoms with Crippen LogP contribution in [0.15, 0.2) is 30.5 Å². The molecule has 0 saturated heterocycles. The summed E-state index contributed by atoms with van der Waals surface area (Å²) in [5, 5.41) is 2.93. The first-order valence-electron chi connectivity index (χ1n) is 5.54. The Labute approximate surface area is 104 Å². The minimum atomic E-state index is -0.862. The topological polar surface area (TPSA) is 37.8 Å². The molecule has 0 spiro atoms. The molecule has 1 heterocycles. The van der Waals surface area contributed by atoms with Gasteiger partial charge in [0.2, 0.25) is 0 Å². The van der Waals surface area contributed by atoms with Crippen LogP contribution in [0.2, 0.25) is 0 Å². The van der Waals surface area contributed by atoms with E-state index in [1.807, 2.05) is 0 Å². The lowest BCUT2D eigenvalue weighted by Gasteiger charge is -2.17. The molecule has 18 heavy (non-hydrogen) atoms. The summed E-state index contributed by atoms with van der Waals surface area (Å²) in [5.74, 6) is -1.13. The second-order valence-corrected chi connectivity index (χ2v) is 3.89. The van der Waals surface area contributed by atoms with Gasteiger partial charge < -0.3 is 5.32 Å². The molecule has 0 bridgehead atoms. The second-order valence-electron chi connectivity index (χ2n) is 3.89. The highest BCUT2D eigenvalue weighted by Crippen LogP contribution is 2.23. The van der Waals surface area contributed by atoms with Crippen LogP contribution in [0.1, 0.15) is 23.1 Å². The Morgan fingerprint density at radius 2 is 2.00 bits per heavy atom. The molecule has 94 valence electrons. The first-order valence-corrected chi connectivity index (χ1v) is 5.54. The summed E-state index contributed by atoms with van der Waals surface area (Å²) in [6.07, 6.45) is 1.60. The van der Waals surface area contributed by atoms with E-state index in [0.717, 1.165) is 6.07 Å². The maximum Gasteiger partial charge on any atom is 0.163 e. The standard InChI is InChI=1S/C13H13F2N3/c1-8-17-7-6-11(18-8)13(16-2)9-4-3-5-10(14)12(9)15/h3-7,13,16H,1-2H3. The highest BCUT2D eigenvalue weighted by Gasteiger charge is 2.19. The molecule has 0 aliphatic rings. The van der Waals surface area contributed by atoms with E-state index in [4.69, 9.17) is 0 Å². The number of rotatable bonds is 3. The number of halogens is 2. The summed E-state index contributed by atoms with van der Waals surface area (Å²) in [7, 11) is 1.67. The maximum atomic E-state index is 13.8. The summed E-state index contributed by atoms with van der Waals surface area (Å²) < 4.78 is 27.0. The number of nitrogens with one attached hydrogen (secondary N) is 1. The van der Waals surface area contributed by atoms with Crippen molar-refractivity contribution >= 4 is 0 Å². The number of aromatic nitrogens is 2. The average Bonchev–Trinajstić information content (AvgIpc) is 2.35. The second kappa shape index (κ2) is 5.18. The highest BCUT2D eigenvalue weighted by molar-refractivity contribution is 5.29. The molecule has 1 aromatic carbocycles. The number of nitrogens with zero attached hydrogens (tertiary/aromatic N) is 2. The van der Waals surface area contributed by atoms with Crippen molar-refractivity contribution in [3.05, 3.63) is 59.2 Å². The summed E-state index contributed by atoms with van der Waals surface area (Å²) in [4.78, 5) is 8.21. The van der Waals surface area contributed by atoms with Crippen molar-refractivity contribution in [2.24, 2.45) is 0 Å². The zero-order valence-electron chi connectivity index (χ0n) is 10.1. The lowest BCUT2D eigenvalue weighted by molar-refractivity contribution is 0.485. The van der Waals surface area contributed by atoms with E-state index in [1.54, 1.807) is 26.2 Å². The Morgan fingerprint density at radius 3 is 2.67 bits per heavy atom. The molecule has 0 saturated carbocycles. The van der Waals surface area contributed by atoms with Gasteiger partial charge in [-0.3, -0.25) is 0 Å². The lowest BCUT2D eigenvalue weighted by Crippen LogP contribution is -2.21. The molecule has 2 rings (SSSR count). The minimum absolute atomic E-state index is 0.232. The van der Waals surface area contributed by atoms with Crippen molar-refractivity contribution in [1.82, 2.24) is 15.3 Å². The Hall–Kier alpha value is -1.88. The predicted octanol–water partition coefficient (Wildman–Crippen LogP) is 2.37. The van der Waals surface area contributed by atoms with E-state index in [0.29, 0.717) is 11.5 Å². The first-order chi connectivity index (χ1) is 8.63. The van der Waals surface area contributed by atoms with Crippen LogP contribution in [0.5, 0.6) is 0 Å². The van der Waals surface area contributed by atoms with Gasteiger partial charge in [-0.15, -0.1) is 0 Å². The zero-order chi connectivity index (χ0) is 13.1. The van der Waals surface area contributed by atoms with Crippen LogP contribution < -0.4 is 5.32 Å². The third kappa shape index (κ3) is 2.36. The van der Waals surface area contributed by atoms with Crippen molar-refractivity contribution in [3.8, 4) is 0 Å². The number of benzene rings is 1. The molecular weight excluding hydrogens is 236 g/mol. The van der Waals surface area contributed by atoms with Crippen LogP contribution in [0.4, 0.5) is 8.78 Å². The molecule has 5 heteroatoms. The number of hydrogen-bond acceptors (Lipinski definition) is 3. The smallest absolute Gasteiger partial charge is 0.163 e. The van der Waals surface area contributed by atoms with Gasteiger partial charge in [0.05, 0.1) is 11.7 Å². The summed E-state index contributed by atoms with van der Waals surface area (Å²) in [6, 6.07) is 5.29. The number of hydrogen-bond donors (Lipinski definition) is 1. The first kappa shape index (κ1) is 12.6. The normalized spacial score (nSPS) is 12.4. The molecule has 1 N–H and O–H groups in total. The fourth-order valence-electron chi connectivity index (χ4n) is 1.84. The predicted molar refractivity (Wildman–Crippen MR) is 64.0 cm³/mol. The lowest BCUT2D eigenvalue weighted by atomic mass is 10.0. The third-order valence-electron chi connectivity index (χ3n) is 2.67. The molecule has 2 aromatic rings. The van der Waals surface area contributed by atoms with E-state index in [1.165, 1.54) is 12.1 Å². The van der Waals surface area contributed by atoms with Crippen molar-refractivity contribution in [2.45, 2.75) is 13.0 Å². The molecule has 1 aromatic heterocycles. The van der Waals surface area contributed by atoms with Crippen LogP contribution >= 0.6 is 0 Å². The van der Waals surface area contributed by atoms with Crippen molar-refractivity contribution in [2.75, 3.05) is 7.05 Å². The molecule has 0 fully saturated rings. The van der Waals surface area contributed by atoms with Gasteiger partial charge in [-0.25, -0.2) is 18.7 Å². The molecule has 0 aliphatic carbocycles. The van der Waals surface area contributed by atoms with Gasteiger partial charge in [0.1, 0.15) is 5.82 Å². The largest absolute Gasteiger partial charge is 0.308 e. The van der Waals surface area contributed by atoms with Crippen LogP contribution in [0, 0.1) is 18.6 Å². The molecule has 1 atom stereocenters. The van der Waals surface area contributed by atoms with E-state index in [-0.39, 0.29) is 5.56 Å². The fourth-order valence-corrected chi connectivity index (χ4v) is 1.84. The van der Waals surface area contributed by atoms with Crippen molar-refractivity contribution in [3.63, 3.8) is 0 Å². The van der Waals surface area contributed by atoms with E-state index >= 15 is 0 Å². The molecule has 1 unspecified atom stereocenters. The third-order valence-corrected chi connectivity index (χ3v) is 2.67. The van der Waals surface area contributed by atoms with Gasteiger partial charge in [-0.2, -0.15) is 0 Å². The average molecular weight is 249 g/mol. The highest BCUT2D eigenvalue weighted by atomic mass is 19.2. The van der Waals surface area contributed by atoms with E-state index in [2.05, 4.69) is 15.3 Å². The minimum Gasteiger partial charge on any atom is -0.308 e. The summed E-state index contributed by atoms with van der Waals surface area (Å²) >= 11 is 0. The maximum absolute atomic E-state index is 13.8. The van der Waals surface area contributed by atoms with Crippen LogP contribution in [0.3, 0.4) is 0 Å². The molecule has 3 nitrogen and oxygen atoms in total. The van der Waals surface area contributed by atoms with Crippen LogP contribution in [-0.4, -0.2) is 17.0 Å². The van der Waals surface area contributed by atoms with Gasteiger partial charge in [0.25, 0.3) is 0 Å². The molecular formula is C13H13F2N3. The quantitative estimate of drug-likeness (QED) is 0.907. The van der Waals surface area contributed by atoms with Crippen molar-refractivity contribution in [1.29, 1.82) is 0 Å². The zero-order valence-corrected chi connectivity index (χ0v) is 10.1. The molecule has 0 radical (unpaired) electrons. The van der Waals surface area contributed by atoms with Gasteiger partial charge >= 0.3 is 0 Å². The Morgan fingerprint density at radius 1 is 1.22 bits per heavy atom. The molecule has 0 aliphatic heterocycles. The Balaban J connectivity index is 2.49. The van der Waals surface area contributed by atoms with E-state index < -0.39 is 17.7 Å². The van der Waals surface area contributed by atoms with Crippen LogP contribution in [-0.2, 0) is 0 Å². The van der Waals surface area contributed by atoms with Gasteiger partial charge in [-0.1, -0.05) is 12.1 Å². The van der Waals surface area contributed by atoms with Gasteiger partial charge in [0.15, 0.2) is 11.6 Å². The van der Waals surface area contributed by atoms with Crippen molar-refractivity contribution < 1.29 is 8.78 Å². The summed E-state index contributed by atoms with van der Waals surface area (Å²) in [6.45, 7) is 1.75. The van der Waals surface area contributed by atoms with Gasteiger partial charge in [-0.05, 0) is 26.1 Å². The summed E-state index contributed by atoms with van der Waals surface area (Å²) in [5.41, 5.74) is 0.838. The van der Waals surface area contributed by atoms with Crippen LogP contribution in [0.25, 0.3) is 0 Å². The van der Waals surface area contributed by atoms with E-state index in [9.17, 15) is 8.78 Å². The number of aryl methyl sites for hydroxylation is 1.